The van der Waals surface area contributed by atoms with Crippen molar-refractivity contribution in [2.45, 2.75) is 13.0 Å². The second-order valence-electron chi connectivity index (χ2n) is 4.88. The highest BCUT2D eigenvalue weighted by Gasteiger charge is 2.13. The third-order valence-electron chi connectivity index (χ3n) is 3.29. The molecule has 0 saturated heterocycles. The van der Waals surface area contributed by atoms with Gasteiger partial charge in [0, 0.05) is 43.7 Å². The number of hydrogen-bond acceptors (Lipinski definition) is 5. The molecule has 2 aromatic rings. The van der Waals surface area contributed by atoms with Crippen LogP contribution >= 0.6 is 0 Å². The lowest BCUT2D eigenvalue weighted by atomic mass is 10.2. The summed E-state index contributed by atoms with van der Waals surface area (Å²) >= 11 is 0. The summed E-state index contributed by atoms with van der Waals surface area (Å²) < 4.78 is 10.6. The van der Waals surface area contributed by atoms with Crippen LogP contribution in [-0.2, 0) is 11.3 Å². The van der Waals surface area contributed by atoms with Crippen LogP contribution in [0.4, 0.5) is 5.69 Å². The predicted octanol–water partition coefficient (Wildman–Crippen LogP) is 1.93. The minimum Gasteiger partial charge on any atom is -0.454 e. The van der Waals surface area contributed by atoms with Gasteiger partial charge in [0.15, 0.2) is 11.5 Å². The van der Waals surface area contributed by atoms with E-state index >= 15 is 0 Å². The monoisotopic (exact) mass is 299 g/mol. The zero-order valence-electron chi connectivity index (χ0n) is 12.0. The fraction of sp³-hybridized carbons (Fsp3) is 0.250. The summed E-state index contributed by atoms with van der Waals surface area (Å²) in [7, 11) is 0. The van der Waals surface area contributed by atoms with Crippen molar-refractivity contribution in [1.82, 2.24) is 10.3 Å². The summed E-state index contributed by atoms with van der Waals surface area (Å²) in [5.41, 5.74) is 1.94. The quantitative estimate of drug-likeness (QED) is 0.852. The number of benzene rings is 1. The number of rotatable bonds is 6. The number of amides is 1. The molecule has 0 bridgehead atoms. The Balaban J connectivity index is 1.40. The van der Waals surface area contributed by atoms with Gasteiger partial charge in [0.2, 0.25) is 12.7 Å². The largest absolute Gasteiger partial charge is 0.454 e. The van der Waals surface area contributed by atoms with Gasteiger partial charge in [-0.2, -0.15) is 0 Å². The van der Waals surface area contributed by atoms with Crippen molar-refractivity contribution in [2.24, 2.45) is 0 Å². The van der Waals surface area contributed by atoms with Crippen LogP contribution in [0.3, 0.4) is 0 Å². The van der Waals surface area contributed by atoms with Crippen LogP contribution in [0.15, 0.2) is 42.7 Å². The van der Waals surface area contributed by atoms with E-state index in [1.807, 2.05) is 30.3 Å². The molecule has 6 heteroatoms. The lowest BCUT2D eigenvalue weighted by molar-refractivity contribution is -0.121. The zero-order valence-corrected chi connectivity index (χ0v) is 12.0. The van der Waals surface area contributed by atoms with Crippen molar-refractivity contribution < 1.29 is 14.3 Å². The van der Waals surface area contributed by atoms with Crippen molar-refractivity contribution in [3.05, 3.63) is 48.3 Å². The molecular formula is C16H17N3O3. The minimum atomic E-state index is 0.00468. The summed E-state index contributed by atoms with van der Waals surface area (Å²) in [5, 5.41) is 6.07. The normalized spacial score (nSPS) is 12.0. The van der Waals surface area contributed by atoms with Gasteiger partial charge < -0.3 is 20.1 Å². The van der Waals surface area contributed by atoms with Crippen LogP contribution in [-0.4, -0.2) is 24.2 Å². The summed E-state index contributed by atoms with van der Waals surface area (Å²) in [6.07, 6.45) is 3.82. The lowest BCUT2D eigenvalue weighted by Gasteiger charge is -2.08. The van der Waals surface area contributed by atoms with E-state index in [9.17, 15) is 4.79 Å². The highest BCUT2D eigenvalue weighted by molar-refractivity contribution is 5.76. The fourth-order valence-corrected chi connectivity index (χ4v) is 2.12. The molecule has 0 spiro atoms. The molecule has 0 saturated carbocycles. The van der Waals surface area contributed by atoms with E-state index in [1.54, 1.807) is 12.4 Å². The Morgan fingerprint density at radius 3 is 2.82 bits per heavy atom. The zero-order chi connectivity index (χ0) is 15.2. The van der Waals surface area contributed by atoms with Gasteiger partial charge in [-0.1, -0.05) is 0 Å². The molecule has 0 fully saturated rings. The molecular weight excluding hydrogens is 282 g/mol. The van der Waals surface area contributed by atoms with Gasteiger partial charge in [-0.05, 0) is 29.8 Å². The smallest absolute Gasteiger partial charge is 0.231 e. The van der Waals surface area contributed by atoms with Gasteiger partial charge in [0.25, 0.3) is 0 Å². The lowest BCUT2D eigenvalue weighted by Crippen LogP contribution is -2.24. The molecule has 1 aromatic carbocycles. The van der Waals surface area contributed by atoms with Gasteiger partial charge in [-0.3, -0.25) is 9.78 Å². The van der Waals surface area contributed by atoms with Crippen molar-refractivity contribution in [3.63, 3.8) is 0 Å². The average molecular weight is 299 g/mol. The van der Waals surface area contributed by atoms with Crippen LogP contribution in [0.25, 0.3) is 0 Å². The van der Waals surface area contributed by atoms with E-state index in [1.165, 1.54) is 0 Å². The number of ether oxygens (including phenoxy) is 2. The number of carbonyl (C=O) groups is 1. The van der Waals surface area contributed by atoms with Crippen LogP contribution in [0.5, 0.6) is 11.5 Å². The van der Waals surface area contributed by atoms with Gasteiger partial charge in [0.1, 0.15) is 0 Å². The molecule has 0 atom stereocenters. The SMILES string of the molecule is O=C(CCNc1ccc2c(c1)OCO2)NCc1ccncc1. The molecule has 1 aliphatic heterocycles. The van der Waals surface area contributed by atoms with Crippen molar-refractivity contribution >= 4 is 11.6 Å². The maximum atomic E-state index is 11.8. The van der Waals surface area contributed by atoms with Crippen LogP contribution in [0.1, 0.15) is 12.0 Å². The van der Waals surface area contributed by atoms with Gasteiger partial charge in [0.05, 0.1) is 0 Å². The molecule has 1 aromatic heterocycles. The Labute approximate surface area is 128 Å². The number of nitrogens with one attached hydrogen (secondary N) is 2. The summed E-state index contributed by atoms with van der Waals surface area (Å²) in [4.78, 5) is 15.7. The molecule has 2 N–H and O–H groups in total. The number of carbonyl (C=O) groups excluding carboxylic acids is 1. The van der Waals surface area contributed by atoms with E-state index in [2.05, 4.69) is 15.6 Å². The Morgan fingerprint density at radius 2 is 1.95 bits per heavy atom. The third-order valence-corrected chi connectivity index (χ3v) is 3.29. The average Bonchev–Trinajstić information content (AvgIpc) is 3.02. The maximum absolute atomic E-state index is 11.8. The molecule has 0 radical (unpaired) electrons. The van der Waals surface area contributed by atoms with Gasteiger partial charge in [-0.15, -0.1) is 0 Å². The fourth-order valence-electron chi connectivity index (χ4n) is 2.12. The van der Waals surface area contributed by atoms with E-state index in [0.29, 0.717) is 19.5 Å². The van der Waals surface area contributed by atoms with Crippen LogP contribution < -0.4 is 20.1 Å². The Hall–Kier alpha value is -2.76. The molecule has 2 heterocycles. The second kappa shape index (κ2) is 6.80. The maximum Gasteiger partial charge on any atom is 0.231 e. The molecule has 0 aliphatic carbocycles. The first-order valence-electron chi connectivity index (χ1n) is 7.10. The van der Waals surface area contributed by atoms with E-state index in [0.717, 1.165) is 22.7 Å². The second-order valence-corrected chi connectivity index (χ2v) is 4.88. The molecule has 1 aliphatic rings. The molecule has 22 heavy (non-hydrogen) atoms. The molecule has 0 unspecified atom stereocenters. The number of fused-ring (bicyclic) bond motifs is 1. The van der Waals surface area contributed by atoms with Gasteiger partial charge >= 0.3 is 0 Å². The standard InChI is InChI=1S/C16H17N3O3/c20-16(19-10-12-3-6-17-7-4-12)5-8-18-13-1-2-14-15(9-13)22-11-21-14/h1-4,6-7,9,18H,5,8,10-11H2,(H,19,20). The molecule has 6 nitrogen and oxygen atoms in total. The van der Waals surface area contributed by atoms with Crippen LogP contribution in [0.2, 0.25) is 0 Å². The third kappa shape index (κ3) is 3.66. The predicted molar refractivity (Wildman–Crippen MR) is 81.8 cm³/mol. The minimum absolute atomic E-state index is 0.00468. The summed E-state index contributed by atoms with van der Waals surface area (Å²) in [5.74, 6) is 1.48. The summed E-state index contributed by atoms with van der Waals surface area (Å²) in [6, 6.07) is 9.39. The van der Waals surface area contributed by atoms with Gasteiger partial charge in [-0.25, -0.2) is 0 Å². The molecule has 114 valence electrons. The van der Waals surface area contributed by atoms with E-state index in [-0.39, 0.29) is 12.7 Å². The van der Waals surface area contributed by atoms with E-state index in [4.69, 9.17) is 9.47 Å². The topological polar surface area (TPSA) is 72.5 Å². The molecule has 1 amide bonds. The number of anilines is 1. The van der Waals surface area contributed by atoms with Crippen molar-refractivity contribution in [3.8, 4) is 11.5 Å². The first kappa shape index (κ1) is 14.2. The number of hydrogen-bond donors (Lipinski definition) is 2. The first-order valence-corrected chi connectivity index (χ1v) is 7.10. The van der Waals surface area contributed by atoms with Crippen molar-refractivity contribution in [2.75, 3.05) is 18.7 Å². The molecule has 3 rings (SSSR count). The van der Waals surface area contributed by atoms with Crippen LogP contribution in [0, 0.1) is 0 Å². The number of aromatic nitrogens is 1. The first-order chi connectivity index (χ1) is 10.8. The number of nitrogens with zero attached hydrogens (tertiary/aromatic N) is 1. The Kier molecular flexibility index (Phi) is 4.38. The highest BCUT2D eigenvalue weighted by Crippen LogP contribution is 2.34. The number of pyridine rings is 1. The van der Waals surface area contributed by atoms with E-state index < -0.39 is 0 Å². The summed E-state index contributed by atoms with van der Waals surface area (Å²) in [6.45, 7) is 1.34. The Morgan fingerprint density at radius 1 is 1.14 bits per heavy atom. The highest BCUT2D eigenvalue weighted by atomic mass is 16.7. The Bertz CT molecular complexity index is 646. The van der Waals surface area contributed by atoms with Crippen molar-refractivity contribution in [1.29, 1.82) is 0 Å².